The number of esters is 2. The van der Waals surface area contributed by atoms with Crippen LogP contribution in [0.4, 0.5) is 5.69 Å². The Balaban J connectivity index is -0.000000199. The number of nitrogens with one attached hydrogen (secondary N) is 1. The van der Waals surface area contributed by atoms with Crippen LogP contribution in [0.3, 0.4) is 0 Å². The van der Waals surface area contributed by atoms with Gasteiger partial charge in [-0.25, -0.2) is 0 Å². The van der Waals surface area contributed by atoms with E-state index in [-0.39, 0.29) is 177 Å². The molecule has 0 aromatic carbocycles. The zero-order valence-corrected chi connectivity index (χ0v) is 45.0. The first-order valence-electron chi connectivity index (χ1n) is 15.6. The van der Waals surface area contributed by atoms with Gasteiger partial charge in [-0.15, -0.1) is 0 Å². The first-order chi connectivity index (χ1) is 22.6. The van der Waals surface area contributed by atoms with Crippen molar-refractivity contribution in [2.75, 3.05) is 58.6 Å². The van der Waals surface area contributed by atoms with E-state index in [0.717, 1.165) is 60.8 Å². The fraction of sp³-hybridized carbons (Fsp3) is 0.618. The summed E-state index contributed by atoms with van der Waals surface area (Å²) in [4.78, 5) is 44.3. The number of aromatic nitrogens is 2. The third-order valence-electron chi connectivity index (χ3n) is 6.86. The molecular formula is C34H57BrCs2N4O9. The summed E-state index contributed by atoms with van der Waals surface area (Å²) < 4.78 is 20.8. The maximum absolute atomic E-state index is 11.4. The Morgan fingerprint density at radius 3 is 1.88 bits per heavy atom. The molecule has 0 saturated carbocycles. The molecule has 2 aromatic rings. The molecule has 2 fully saturated rings. The van der Waals surface area contributed by atoms with E-state index in [1.165, 1.54) is 14.2 Å². The van der Waals surface area contributed by atoms with Gasteiger partial charge in [0.05, 0.1) is 65.4 Å². The van der Waals surface area contributed by atoms with E-state index >= 15 is 0 Å². The summed E-state index contributed by atoms with van der Waals surface area (Å²) in [6.07, 6.45) is 7.93. The van der Waals surface area contributed by atoms with E-state index in [4.69, 9.17) is 24.3 Å². The molecule has 2 aromatic heterocycles. The number of hydrogen-bond acceptors (Lipinski definition) is 13. The second kappa shape index (κ2) is 36.9. The zero-order valence-electron chi connectivity index (χ0n) is 31.9. The molecule has 0 radical (unpaired) electrons. The second-order valence-corrected chi connectivity index (χ2v) is 11.4. The van der Waals surface area contributed by atoms with Crippen molar-refractivity contribution in [2.45, 2.75) is 85.7 Å². The van der Waals surface area contributed by atoms with E-state index in [1.54, 1.807) is 12.4 Å². The van der Waals surface area contributed by atoms with Crippen LogP contribution in [-0.4, -0.2) is 94.2 Å². The molecule has 13 nitrogen and oxygen atoms in total. The van der Waals surface area contributed by atoms with Crippen molar-refractivity contribution in [1.82, 2.24) is 15.3 Å². The molecule has 0 amide bonds. The minimum Gasteiger partial charge on any atom is -1.00 e. The molecule has 50 heavy (non-hydrogen) atoms. The summed E-state index contributed by atoms with van der Waals surface area (Å²) in [5.41, 5.74) is 3.19. The number of anilines is 1. The van der Waals surface area contributed by atoms with E-state index in [1.807, 2.05) is 46.2 Å². The summed E-state index contributed by atoms with van der Waals surface area (Å²) in [6, 6.07) is 4.98. The quantitative estimate of drug-likeness (QED) is 0.144. The average molecular weight is 1010 g/mol. The van der Waals surface area contributed by atoms with E-state index in [2.05, 4.69) is 65.7 Å². The summed E-state index contributed by atoms with van der Waals surface area (Å²) >= 11 is 3.34. The minimum atomic E-state index is -0.197. The van der Waals surface area contributed by atoms with Crippen LogP contribution >= 0.6 is 15.9 Å². The smallest absolute Gasteiger partial charge is 1.00 e. The first kappa shape index (κ1) is 57.7. The second-order valence-electron chi connectivity index (χ2n) is 10.5. The van der Waals surface area contributed by atoms with Gasteiger partial charge in [-0.2, -0.15) is 0 Å². The van der Waals surface area contributed by atoms with Crippen LogP contribution in [0.25, 0.3) is 0 Å². The Labute approximate surface area is 427 Å². The molecule has 4 atom stereocenters. The van der Waals surface area contributed by atoms with Crippen molar-refractivity contribution in [1.29, 1.82) is 0 Å². The first-order valence-corrected chi connectivity index (χ1v) is 16.4. The van der Waals surface area contributed by atoms with Gasteiger partial charge in [0.2, 0.25) is 0 Å². The maximum atomic E-state index is 11.4. The molecule has 2 aliphatic heterocycles. The van der Waals surface area contributed by atoms with Gasteiger partial charge in [-0.3, -0.25) is 24.4 Å². The van der Waals surface area contributed by atoms with Crippen LogP contribution in [0.15, 0.2) is 41.4 Å². The number of hydrogen-bond donors (Lipinski definition) is 1. The van der Waals surface area contributed by atoms with Crippen LogP contribution < -0.4 is 153 Å². The zero-order chi connectivity index (χ0) is 35.6. The van der Waals surface area contributed by atoms with Gasteiger partial charge in [0.25, 0.3) is 6.47 Å². The number of nitrogens with zero attached hydrogens (tertiary/aromatic N) is 3. The number of methoxy groups -OCH3 is 2. The Hall–Kier alpha value is 0.934. The van der Waals surface area contributed by atoms with Crippen molar-refractivity contribution in [3.05, 3.63) is 52.5 Å². The van der Waals surface area contributed by atoms with Gasteiger partial charge < -0.3 is 40.7 Å². The molecular weight excluding hydrogens is 954 g/mol. The van der Waals surface area contributed by atoms with Gasteiger partial charge in [-0.05, 0) is 64.9 Å². The number of carbonyl (C=O) groups excluding carboxylic acids is 3. The third kappa shape index (κ3) is 26.7. The molecule has 0 aliphatic carbocycles. The van der Waals surface area contributed by atoms with E-state index in [9.17, 15) is 9.59 Å². The Bertz CT molecular complexity index is 1160. The molecule has 0 spiro atoms. The predicted octanol–water partition coefficient (Wildman–Crippen LogP) is -1.30. The van der Waals surface area contributed by atoms with E-state index in [0.29, 0.717) is 24.9 Å². The van der Waals surface area contributed by atoms with Gasteiger partial charge in [0.15, 0.2) is 0 Å². The van der Waals surface area contributed by atoms with Crippen molar-refractivity contribution in [2.24, 2.45) is 0 Å². The Kier molecular flexibility index (Phi) is 42.5. The molecule has 276 valence electrons. The van der Waals surface area contributed by atoms with Crippen LogP contribution in [0.1, 0.15) is 86.2 Å². The summed E-state index contributed by atoms with van der Waals surface area (Å²) in [5.74, 6) is -0.154. The molecule has 2 aliphatic rings. The average Bonchev–Trinajstić information content (AvgIpc) is 3.10. The predicted molar refractivity (Wildman–Crippen MR) is 189 cm³/mol. The summed E-state index contributed by atoms with van der Waals surface area (Å²) in [5, 5.41) is 11.7. The van der Waals surface area contributed by atoms with Gasteiger partial charge in [-0.1, -0.05) is 35.1 Å². The molecule has 0 bridgehead atoms. The van der Waals surface area contributed by atoms with Crippen molar-refractivity contribution >= 4 is 40.0 Å². The van der Waals surface area contributed by atoms with E-state index < -0.39 is 0 Å². The SMILES string of the molecule is C.CC.COC(=O)CC(C)c1cncc(Br)c1.COC(=O)CC(C)c1cncc(N2CCOC[C@@H]2C)c1.C[C@H]1COCCN1.O=CO[O-].[Cs+].[Cs+].[H-]. The van der Waals surface area contributed by atoms with Crippen LogP contribution in [-0.2, 0) is 38.2 Å². The molecule has 4 heterocycles. The van der Waals surface area contributed by atoms with Crippen molar-refractivity contribution in [3.8, 4) is 0 Å². The van der Waals surface area contributed by atoms with Gasteiger partial charge >= 0.3 is 150 Å². The Morgan fingerprint density at radius 2 is 1.48 bits per heavy atom. The number of rotatable bonds is 8. The number of halogens is 1. The van der Waals surface area contributed by atoms with Crippen molar-refractivity contribution < 1.29 is 183 Å². The summed E-state index contributed by atoms with van der Waals surface area (Å²) in [7, 11) is 2.81. The summed E-state index contributed by atoms with van der Waals surface area (Å²) in [6.45, 7) is 17.2. The molecule has 2 unspecified atom stereocenters. The number of morpholine rings is 2. The molecule has 16 heteroatoms. The van der Waals surface area contributed by atoms with Crippen molar-refractivity contribution in [3.63, 3.8) is 0 Å². The molecule has 2 saturated heterocycles. The normalized spacial score (nSPS) is 16.8. The number of ether oxygens (including phenoxy) is 4. The third-order valence-corrected chi connectivity index (χ3v) is 7.29. The minimum absolute atomic E-state index is 0. The molecule has 1 N–H and O–H groups in total. The van der Waals surface area contributed by atoms with Crippen LogP contribution in [0.2, 0.25) is 0 Å². The maximum Gasteiger partial charge on any atom is 1.00 e. The topological polar surface area (TPSA) is 161 Å². The van der Waals surface area contributed by atoms with Gasteiger partial charge in [0, 0.05) is 48.2 Å². The van der Waals surface area contributed by atoms with Crippen LogP contribution in [0.5, 0.6) is 0 Å². The Morgan fingerprint density at radius 1 is 0.980 bits per heavy atom. The number of pyridine rings is 2. The monoisotopic (exact) mass is 1010 g/mol. The van der Waals surface area contributed by atoms with Gasteiger partial charge in [0.1, 0.15) is 0 Å². The fourth-order valence-corrected chi connectivity index (χ4v) is 4.66. The molecule has 4 rings (SSSR count). The fourth-order valence-electron chi connectivity index (χ4n) is 4.28. The largest absolute Gasteiger partial charge is 1.00 e. The number of carbonyl (C=O) groups is 3. The standard InChI is InChI=1S/C15H22N2O3.C10H12BrNO2.C5H11NO.C2H6.CH2O3.CH4.2Cs.H/c1-11(6-15(18)19-3)13-7-14(9-16-8-13)17-4-5-20-10-12(17)2;1-7(3-10(13)14-2)8-4-9(11)6-12-5-8;1-5-4-7-3-2-6-5;1-2;2-1-4-3;;;;/h7-9,11-12H,4-6,10H2,1-3H3;4-7H,3H2,1-2H3;5-6H,2-4H2,1H3;1-2H3;1,3H;1H4;;;/q;;;;;;2*+1;-1/p-1/t11?,12-;;5-;;;;;;/m0.0....../s1. The van der Waals surface area contributed by atoms with Crippen LogP contribution in [0, 0.1) is 0 Å².